The number of hydrogen-bond donors (Lipinski definition) is 0. The van der Waals surface area contributed by atoms with E-state index in [9.17, 15) is 9.59 Å². The molecule has 7 atom stereocenters. The lowest BCUT2D eigenvalue weighted by molar-refractivity contribution is -0.128. The molecule has 0 aromatic rings. The Morgan fingerprint density at radius 2 is 1.93 bits per heavy atom. The molecule has 0 aromatic carbocycles. The quantitative estimate of drug-likeness (QED) is 0.456. The molecule has 1 unspecified atom stereocenters. The summed E-state index contributed by atoms with van der Waals surface area (Å²) in [5, 5.41) is 0.636. The van der Waals surface area contributed by atoms with E-state index in [0.717, 1.165) is 31.6 Å². The van der Waals surface area contributed by atoms with Gasteiger partial charge < -0.3 is 0 Å². The van der Waals surface area contributed by atoms with Gasteiger partial charge in [-0.1, -0.05) is 39.2 Å². The van der Waals surface area contributed by atoms with Crippen LogP contribution < -0.4 is 0 Å². The topological polar surface area (TPSA) is 34.1 Å². The van der Waals surface area contributed by atoms with Gasteiger partial charge in [-0.15, -0.1) is 0 Å². The minimum atomic E-state index is 0.206. The maximum absolute atomic E-state index is 12.5. The fraction of sp³-hybridized carbons (Fsp3) is 0.846. The first kappa shape index (κ1) is 21.7. The molecular formula is C26H40O2S. The van der Waals surface area contributed by atoms with Crippen LogP contribution in [-0.2, 0) is 9.59 Å². The Morgan fingerprint density at radius 1 is 1.14 bits per heavy atom. The first-order chi connectivity index (χ1) is 13.8. The highest BCUT2D eigenvalue weighted by Crippen LogP contribution is 2.68. The van der Waals surface area contributed by atoms with E-state index in [1.54, 1.807) is 0 Å². The van der Waals surface area contributed by atoms with Crippen LogP contribution in [-0.4, -0.2) is 22.6 Å². The average Bonchev–Trinajstić information content (AvgIpc) is 3.03. The summed E-state index contributed by atoms with van der Waals surface area (Å²) < 4.78 is 0. The molecule has 0 amide bonds. The van der Waals surface area contributed by atoms with E-state index in [2.05, 4.69) is 32.5 Å². The van der Waals surface area contributed by atoms with Crippen LogP contribution in [0.25, 0.3) is 0 Å². The van der Waals surface area contributed by atoms with Gasteiger partial charge in [0.05, 0.1) is 0 Å². The summed E-state index contributed by atoms with van der Waals surface area (Å²) in [5.41, 5.74) is 1.89. The number of rotatable bonds is 6. The minimum absolute atomic E-state index is 0.206. The number of carbonyl (C=O) groups is 2. The highest BCUT2D eigenvalue weighted by molar-refractivity contribution is 7.99. The predicted molar refractivity (Wildman–Crippen MR) is 122 cm³/mol. The number of hydrogen-bond acceptors (Lipinski definition) is 3. The van der Waals surface area contributed by atoms with E-state index in [0.29, 0.717) is 28.7 Å². The van der Waals surface area contributed by atoms with Crippen molar-refractivity contribution in [1.82, 2.24) is 0 Å². The molecule has 0 heterocycles. The molecule has 4 aliphatic rings. The second-order valence-corrected chi connectivity index (χ2v) is 12.3. The zero-order valence-corrected chi connectivity index (χ0v) is 19.8. The Balaban J connectivity index is 1.66. The van der Waals surface area contributed by atoms with Crippen molar-refractivity contribution in [3.8, 4) is 0 Å². The van der Waals surface area contributed by atoms with Gasteiger partial charge in [-0.3, -0.25) is 9.59 Å². The molecule has 3 fully saturated rings. The lowest BCUT2D eigenvalue weighted by Gasteiger charge is -2.60. The van der Waals surface area contributed by atoms with Crippen LogP contribution >= 0.6 is 11.8 Å². The predicted octanol–water partition coefficient (Wildman–Crippen LogP) is 6.63. The number of allylic oxidation sites excluding steroid dienone is 1. The number of unbranched alkanes of at least 4 members (excludes halogenated alkanes) is 2. The van der Waals surface area contributed by atoms with E-state index in [1.165, 1.54) is 49.9 Å². The molecule has 3 heteroatoms. The van der Waals surface area contributed by atoms with Crippen LogP contribution in [0.5, 0.6) is 0 Å². The number of Topliss-reactive ketones (excluding diaryl/α,β-unsaturated/α-hetero) is 1. The fourth-order valence-corrected chi connectivity index (χ4v) is 9.50. The molecule has 0 saturated heterocycles. The Labute approximate surface area is 182 Å². The smallest absolute Gasteiger partial charge is 0.155 e. The van der Waals surface area contributed by atoms with E-state index in [1.807, 2.05) is 13.0 Å². The van der Waals surface area contributed by atoms with Crippen LogP contribution in [0.1, 0.15) is 91.9 Å². The van der Waals surface area contributed by atoms with Gasteiger partial charge in [-0.05, 0) is 92.3 Å². The molecule has 0 bridgehead atoms. The van der Waals surface area contributed by atoms with Crippen molar-refractivity contribution in [2.24, 2.45) is 34.5 Å². The largest absolute Gasteiger partial charge is 0.300 e. The first-order valence-corrected chi connectivity index (χ1v) is 13.2. The summed E-state index contributed by atoms with van der Waals surface area (Å²) in [7, 11) is 0. The molecule has 4 aliphatic carbocycles. The van der Waals surface area contributed by atoms with Crippen LogP contribution in [0.2, 0.25) is 0 Å². The van der Waals surface area contributed by atoms with Gasteiger partial charge in [0.1, 0.15) is 5.78 Å². The van der Waals surface area contributed by atoms with Crippen LogP contribution in [0.3, 0.4) is 0 Å². The normalized spacial score (nSPS) is 43.9. The Hall–Kier alpha value is -0.570. The van der Waals surface area contributed by atoms with Crippen molar-refractivity contribution >= 4 is 23.3 Å². The molecule has 162 valence electrons. The summed E-state index contributed by atoms with van der Waals surface area (Å²) in [4.78, 5) is 24.7. The van der Waals surface area contributed by atoms with E-state index < -0.39 is 0 Å². The molecular weight excluding hydrogens is 376 g/mol. The van der Waals surface area contributed by atoms with E-state index in [4.69, 9.17) is 0 Å². The van der Waals surface area contributed by atoms with Crippen molar-refractivity contribution in [3.63, 3.8) is 0 Å². The summed E-state index contributed by atoms with van der Waals surface area (Å²) in [6.07, 6.45) is 13.6. The number of thioether (sulfide) groups is 1. The van der Waals surface area contributed by atoms with E-state index >= 15 is 0 Å². The molecule has 0 aromatic heterocycles. The number of ketones is 2. The van der Waals surface area contributed by atoms with Gasteiger partial charge in [0.25, 0.3) is 0 Å². The summed E-state index contributed by atoms with van der Waals surface area (Å²) in [6, 6.07) is 0. The highest BCUT2D eigenvalue weighted by atomic mass is 32.2. The van der Waals surface area contributed by atoms with Gasteiger partial charge in [0.2, 0.25) is 0 Å². The molecule has 2 nitrogen and oxygen atoms in total. The highest BCUT2D eigenvalue weighted by Gasteiger charge is 2.61. The van der Waals surface area contributed by atoms with E-state index in [-0.39, 0.29) is 16.7 Å². The monoisotopic (exact) mass is 416 g/mol. The zero-order valence-electron chi connectivity index (χ0n) is 19.0. The maximum atomic E-state index is 12.5. The second kappa shape index (κ2) is 8.17. The molecule has 0 N–H and O–H groups in total. The third-order valence-corrected chi connectivity index (χ3v) is 11.0. The zero-order chi connectivity index (χ0) is 20.8. The van der Waals surface area contributed by atoms with Gasteiger partial charge in [-0.2, -0.15) is 11.8 Å². The first-order valence-electron chi connectivity index (χ1n) is 12.2. The average molecular weight is 417 g/mol. The van der Waals surface area contributed by atoms with Crippen molar-refractivity contribution in [3.05, 3.63) is 11.6 Å². The van der Waals surface area contributed by atoms with Crippen molar-refractivity contribution < 1.29 is 9.59 Å². The SMILES string of the molecule is CCCCCSC1CC2=CC(=O)CC[C@]2(C)[C@H]2CC[C@]3(C)[C@@H](C(C)=O)CC[C@H]3[C@H]12. The molecule has 0 spiro atoms. The summed E-state index contributed by atoms with van der Waals surface area (Å²) >= 11 is 2.20. The number of fused-ring (bicyclic) bond motifs is 5. The van der Waals surface area contributed by atoms with Crippen molar-refractivity contribution in [2.75, 3.05) is 5.75 Å². The molecule has 0 aliphatic heterocycles. The second-order valence-electron chi connectivity index (χ2n) is 10.9. The van der Waals surface area contributed by atoms with Crippen LogP contribution in [0.4, 0.5) is 0 Å². The summed E-state index contributed by atoms with van der Waals surface area (Å²) in [5.74, 6) is 4.41. The maximum Gasteiger partial charge on any atom is 0.155 e. The molecule has 29 heavy (non-hydrogen) atoms. The third kappa shape index (κ3) is 3.58. The van der Waals surface area contributed by atoms with Crippen LogP contribution in [0.15, 0.2) is 11.6 Å². The summed E-state index contributed by atoms with van der Waals surface area (Å²) in [6.45, 7) is 9.03. The van der Waals surface area contributed by atoms with Gasteiger partial charge in [-0.25, -0.2) is 0 Å². The lowest BCUT2D eigenvalue weighted by atomic mass is 9.46. The molecule has 4 rings (SSSR count). The minimum Gasteiger partial charge on any atom is -0.300 e. The number of carbonyl (C=O) groups excluding carboxylic acids is 2. The third-order valence-electron chi connectivity index (χ3n) is 9.53. The lowest BCUT2D eigenvalue weighted by Crippen LogP contribution is -2.55. The Morgan fingerprint density at radius 3 is 2.66 bits per heavy atom. The Kier molecular flexibility index (Phi) is 6.10. The molecule has 3 saturated carbocycles. The van der Waals surface area contributed by atoms with Crippen molar-refractivity contribution in [1.29, 1.82) is 0 Å². The molecule has 0 radical (unpaired) electrons. The standard InChI is InChI=1S/C26H40O2S/c1-5-6-7-14-29-23-16-18-15-19(28)10-12-25(18,3)22-11-13-26(4)20(17(2)27)8-9-21(26)24(22)23/h15,20-24H,5-14,16H2,1-4H3/t20-,21+,22+,23?,24+,25+,26-/m1/s1. The van der Waals surface area contributed by atoms with Gasteiger partial charge in [0, 0.05) is 17.6 Å². The van der Waals surface area contributed by atoms with Gasteiger partial charge in [0.15, 0.2) is 5.78 Å². The fourth-order valence-electron chi connectivity index (χ4n) is 7.92. The van der Waals surface area contributed by atoms with Crippen LogP contribution in [0, 0.1) is 34.5 Å². The van der Waals surface area contributed by atoms with Crippen molar-refractivity contribution in [2.45, 2.75) is 97.2 Å². The van der Waals surface area contributed by atoms with Gasteiger partial charge >= 0.3 is 0 Å². The Bertz CT molecular complexity index is 697.